The molecule has 10 heteroatoms. The van der Waals surface area contributed by atoms with Crippen LogP contribution >= 0.6 is 11.3 Å². The van der Waals surface area contributed by atoms with E-state index in [0.717, 1.165) is 23.1 Å². The molecule has 0 unspecified atom stereocenters. The monoisotopic (exact) mass is 534 g/mol. The zero-order chi connectivity index (χ0) is 26.6. The zero-order valence-corrected chi connectivity index (χ0v) is 21.8. The highest BCUT2D eigenvalue weighted by Gasteiger charge is 2.47. The van der Waals surface area contributed by atoms with Gasteiger partial charge in [-0.1, -0.05) is 18.3 Å². The topological polar surface area (TPSA) is 120 Å². The molecule has 0 spiro atoms. The number of pyridine rings is 1. The molecule has 1 amide bonds. The minimum atomic E-state index is -1.38. The van der Waals surface area contributed by atoms with Crippen LogP contribution in [0.1, 0.15) is 47.3 Å². The average molecular weight is 535 g/mol. The summed E-state index contributed by atoms with van der Waals surface area (Å²) in [6, 6.07) is 11.3. The molecule has 0 radical (unpaired) electrons. The lowest BCUT2D eigenvalue weighted by atomic mass is 9.89. The molecule has 1 aliphatic heterocycles. The summed E-state index contributed by atoms with van der Waals surface area (Å²) in [5.41, 5.74) is 8.13. The molecule has 0 bridgehead atoms. The van der Waals surface area contributed by atoms with Crippen LogP contribution < -0.4 is 20.5 Å². The van der Waals surface area contributed by atoms with Crippen LogP contribution in [0.15, 0.2) is 42.5 Å². The van der Waals surface area contributed by atoms with E-state index >= 15 is 0 Å². The number of hydrogen-bond acceptors (Lipinski definition) is 8. The number of nitrogens with one attached hydrogen (secondary N) is 1. The molecule has 2 atom stereocenters. The molecule has 38 heavy (non-hydrogen) atoms. The van der Waals surface area contributed by atoms with Crippen LogP contribution in [0, 0.1) is 11.7 Å². The van der Waals surface area contributed by atoms with Crippen molar-refractivity contribution in [2.24, 2.45) is 5.92 Å². The Hall–Kier alpha value is -3.76. The van der Waals surface area contributed by atoms with E-state index in [4.69, 9.17) is 20.2 Å². The lowest BCUT2D eigenvalue weighted by Gasteiger charge is -2.29. The summed E-state index contributed by atoms with van der Waals surface area (Å²) in [6.45, 7) is 2.53. The van der Waals surface area contributed by atoms with Gasteiger partial charge < -0.3 is 25.6 Å². The van der Waals surface area contributed by atoms with E-state index in [1.165, 1.54) is 30.6 Å². The van der Waals surface area contributed by atoms with Crippen LogP contribution in [0.2, 0.25) is 0 Å². The van der Waals surface area contributed by atoms with Crippen molar-refractivity contribution in [1.29, 1.82) is 0 Å². The van der Waals surface area contributed by atoms with Gasteiger partial charge in [0.25, 0.3) is 5.91 Å². The molecule has 0 saturated heterocycles. The van der Waals surface area contributed by atoms with E-state index in [2.05, 4.69) is 17.2 Å². The van der Waals surface area contributed by atoms with Crippen molar-refractivity contribution in [3.05, 3.63) is 65.1 Å². The average Bonchev–Trinajstić information content (AvgIpc) is 3.62. The van der Waals surface area contributed by atoms with E-state index in [1.54, 1.807) is 24.3 Å². The molecule has 4 N–H and O–H groups in total. The van der Waals surface area contributed by atoms with Crippen molar-refractivity contribution in [1.82, 2.24) is 15.3 Å². The number of rotatable bonds is 7. The first-order valence-electron chi connectivity index (χ1n) is 12.5. The number of halogens is 1. The molecule has 8 nitrogen and oxygen atoms in total. The number of benzene rings is 2. The number of aliphatic hydroxyl groups is 1. The quantitative estimate of drug-likeness (QED) is 0.317. The molecule has 6 rings (SSSR count). The fourth-order valence-corrected chi connectivity index (χ4v) is 5.81. The molecule has 4 aromatic rings. The second-order valence-electron chi connectivity index (χ2n) is 9.95. The summed E-state index contributed by atoms with van der Waals surface area (Å²) >= 11 is 1.27. The van der Waals surface area contributed by atoms with Gasteiger partial charge in [0.1, 0.15) is 34.1 Å². The highest BCUT2D eigenvalue weighted by atomic mass is 32.1. The Morgan fingerprint density at radius 1 is 1.26 bits per heavy atom. The SMILES string of the molecule is COc1cc(C(=O)NC[C@](O)(c2cc3c(c(-c4ccc(F)cc4)n2)OC[C@H]3C)C2CC2)cc2sc(N)nc12. The first-order valence-corrected chi connectivity index (χ1v) is 13.3. The second kappa shape index (κ2) is 9.21. The maximum atomic E-state index is 13.6. The molecular weight excluding hydrogens is 507 g/mol. The summed E-state index contributed by atoms with van der Waals surface area (Å²) in [7, 11) is 1.51. The highest BCUT2D eigenvalue weighted by Crippen LogP contribution is 2.48. The maximum Gasteiger partial charge on any atom is 0.251 e. The Labute approximate surface area is 222 Å². The minimum absolute atomic E-state index is 0.0223. The number of nitrogens with two attached hydrogens (primary N) is 1. The van der Waals surface area contributed by atoms with Crippen LogP contribution in [-0.4, -0.2) is 41.2 Å². The molecule has 1 saturated carbocycles. The van der Waals surface area contributed by atoms with Gasteiger partial charge in [-0.05, 0) is 61.2 Å². The predicted octanol–water partition coefficient (Wildman–Crippen LogP) is 4.61. The number of methoxy groups -OCH3 is 1. The van der Waals surface area contributed by atoms with Crippen molar-refractivity contribution < 1.29 is 23.8 Å². The van der Waals surface area contributed by atoms with Crippen molar-refractivity contribution in [3.8, 4) is 22.8 Å². The van der Waals surface area contributed by atoms with E-state index in [-0.39, 0.29) is 30.1 Å². The molecule has 2 aromatic carbocycles. The number of hydrogen-bond donors (Lipinski definition) is 3. The van der Waals surface area contributed by atoms with Gasteiger partial charge in [0.2, 0.25) is 0 Å². The summed E-state index contributed by atoms with van der Waals surface area (Å²) in [4.78, 5) is 22.4. The number of carbonyl (C=O) groups excluding carboxylic acids is 1. The van der Waals surface area contributed by atoms with E-state index in [0.29, 0.717) is 51.3 Å². The number of aromatic nitrogens is 2. The molecule has 2 aromatic heterocycles. The fraction of sp³-hybridized carbons (Fsp3) is 0.321. The number of fused-ring (bicyclic) bond motifs is 2. The Bertz CT molecular complexity index is 1550. The van der Waals surface area contributed by atoms with Gasteiger partial charge in [-0.25, -0.2) is 14.4 Å². The Balaban J connectivity index is 1.34. The Kier molecular flexibility index (Phi) is 5.96. The maximum absolute atomic E-state index is 13.6. The number of thiazole rings is 1. The molecule has 3 heterocycles. The first kappa shape index (κ1) is 24.6. The van der Waals surface area contributed by atoms with Gasteiger partial charge in [0.15, 0.2) is 5.13 Å². The van der Waals surface area contributed by atoms with E-state index < -0.39 is 5.60 Å². The van der Waals surface area contributed by atoms with Crippen LogP contribution in [0.25, 0.3) is 21.5 Å². The number of nitrogens with zero attached hydrogens (tertiary/aromatic N) is 2. The van der Waals surface area contributed by atoms with Crippen molar-refractivity contribution >= 4 is 32.6 Å². The predicted molar refractivity (Wildman–Crippen MR) is 143 cm³/mol. The van der Waals surface area contributed by atoms with Gasteiger partial charge in [-0.15, -0.1) is 0 Å². The number of amides is 1. The first-order chi connectivity index (χ1) is 18.3. The summed E-state index contributed by atoms with van der Waals surface area (Å²) in [5, 5.41) is 15.3. The summed E-state index contributed by atoms with van der Waals surface area (Å²) in [6.07, 6.45) is 1.64. The van der Waals surface area contributed by atoms with Crippen LogP contribution in [-0.2, 0) is 5.60 Å². The van der Waals surface area contributed by atoms with E-state index in [9.17, 15) is 14.3 Å². The Morgan fingerprint density at radius 3 is 2.74 bits per heavy atom. The standard InChI is InChI=1S/C28H27FN4O4S/c1-14-12-37-25-19(14)11-22(32-23(25)15-3-7-18(29)8-4-15)28(35,17-5-6-17)13-31-26(34)16-9-20(36-2)24-21(10-16)38-27(30)33-24/h3-4,7-11,14,17,35H,5-6,12-13H2,1-2H3,(H2,30,33)(H,31,34)/t14-,28-/m1/s1. The van der Waals surface area contributed by atoms with Gasteiger partial charge in [0.05, 0.1) is 30.7 Å². The Morgan fingerprint density at radius 2 is 2.03 bits per heavy atom. The normalized spacial score (nSPS) is 18.1. The molecular formula is C28H27FN4O4S. The van der Waals surface area contributed by atoms with Crippen LogP contribution in [0.3, 0.4) is 0 Å². The third-order valence-electron chi connectivity index (χ3n) is 7.30. The van der Waals surface area contributed by atoms with Gasteiger partial charge in [-0.2, -0.15) is 0 Å². The van der Waals surface area contributed by atoms with Crippen LogP contribution in [0.4, 0.5) is 9.52 Å². The highest BCUT2D eigenvalue weighted by molar-refractivity contribution is 7.22. The van der Waals surface area contributed by atoms with Crippen LogP contribution in [0.5, 0.6) is 11.5 Å². The third kappa shape index (κ3) is 4.23. The molecule has 196 valence electrons. The minimum Gasteiger partial charge on any atom is -0.494 e. The smallest absolute Gasteiger partial charge is 0.251 e. The fourth-order valence-electron chi connectivity index (χ4n) is 5.02. The number of carbonyl (C=O) groups is 1. The number of anilines is 1. The molecule has 1 fully saturated rings. The lowest BCUT2D eigenvalue weighted by molar-refractivity contribution is 0.00950. The lowest BCUT2D eigenvalue weighted by Crippen LogP contribution is -2.43. The van der Waals surface area contributed by atoms with Crippen molar-refractivity contribution in [2.75, 3.05) is 26.0 Å². The largest absolute Gasteiger partial charge is 0.494 e. The third-order valence-corrected chi connectivity index (χ3v) is 8.13. The van der Waals surface area contributed by atoms with Gasteiger partial charge in [-0.3, -0.25) is 4.79 Å². The number of ether oxygens (including phenoxy) is 2. The summed E-state index contributed by atoms with van der Waals surface area (Å²) in [5.74, 6) is 0.465. The molecule has 1 aliphatic carbocycles. The van der Waals surface area contributed by atoms with Crippen molar-refractivity contribution in [3.63, 3.8) is 0 Å². The van der Waals surface area contributed by atoms with Gasteiger partial charge in [0, 0.05) is 22.6 Å². The van der Waals surface area contributed by atoms with Crippen molar-refractivity contribution in [2.45, 2.75) is 31.3 Å². The van der Waals surface area contributed by atoms with E-state index in [1.807, 2.05) is 6.07 Å². The zero-order valence-electron chi connectivity index (χ0n) is 21.0. The molecule has 2 aliphatic rings. The second-order valence-corrected chi connectivity index (χ2v) is 11.0. The van der Waals surface area contributed by atoms with Gasteiger partial charge >= 0.3 is 0 Å². The summed E-state index contributed by atoms with van der Waals surface area (Å²) < 4.78 is 25.7. The number of nitrogen functional groups attached to an aromatic ring is 1.